The molecule has 9 nitrogen and oxygen atoms in total. The normalized spacial score (nSPS) is 22.6. The summed E-state index contributed by atoms with van der Waals surface area (Å²) in [5, 5.41) is 9.51. The number of ether oxygens (including phenoxy) is 1. The number of benzene rings is 1. The molecule has 2 fully saturated rings. The lowest BCUT2D eigenvalue weighted by Crippen LogP contribution is -2.55. The van der Waals surface area contributed by atoms with Crippen LogP contribution in [-0.4, -0.2) is 90.2 Å². The van der Waals surface area contributed by atoms with Crippen molar-refractivity contribution in [3.05, 3.63) is 53.7 Å². The first-order chi connectivity index (χ1) is 20.1. The molecule has 2 atom stereocenters. The maximum Gasteiger partial charge on any atom is 0.318 e. The quantitative estimate of drug-likeness (QED) is 0.458. The summed E-state index contributed by atoms with van der Waals surface area (Å²) >= 11 is 0. The van der Waals surface area contributed by atoms with E-state index in [0.29, 0.717) is 38.3 Å². The molecule has 0 bridgehead atoms. The van der Waals surface area contributed by atoms with E-state index in [0.717, 1.165) is 63.4 Å². The first-order valence-corrected chi connectivity index (χ1v) is 15.3. The van der Waals surface area contributed by atoms with Gasteiger partial charge in [-0.15, -0.1) is 0 Å². The number of anilines is 2. The van der Waals surface area contributed by atoms with E-state index in [1.807, 2.05) is 0 Å². The molecule has 41 heavy (non-hydrogen) atoms. The van der Waals surface area contributed by atoms with Gasteiger partial charge in [0.05, 0.1) is 24.2 Å². The monoisotopic (exact) mass is 555 g/mol. The first kappa shape index (κ1) is 27.5. The van der Waals surface area contributed by atoms with Gasteiger partial charge < -0.3 is 19.4 Å². The molecule has 2 aromatic rings. The lowest BCUT2D eigenvalue weighted by molar-refractivity contribution is -0.128. The Kier molecular flexibility index (Phi) is 8.38. The number of likely N-dealkylation sites (tertiary alicyclic amines) is 1. The second kappa shape index (κ2) is 12.5. The minimum Gasteiger partial charge on any atom is -0.462 e. The van der Waals surface area contributed by atoms with Gasteiger partial charge in [-0.1, -0.05) is 24.8 Å². The molecular weight excluding hydrogens is 514 g/mol. The highest BCUT2D eigenvalue weighted by atomic mass is 16.5. The van der Waals surface area contributed by atoms with Gasteiger partial charge in [-0.3, -0.25) is 9.69 Å². The molecule has 1 aliphatic carbocycles. The molecule has 4 aliphatic rings. The van der Waals surface area contributed by atoms with Gasteiger partial charge in [0.2, 0.25) is 5.91 Å². The number of aryl methyl sites for hydroxylation is 1. The van der Waals surface area contributed by atoms with E-state index in [2.05, 4.69) is 51.6 Å². The third kappa shape index (κ3) is 5.89. The molecule has 0 unspecified atom stereocenters. The Bertz CT molecular complexity index is 1300. The summed E-state index contributed by atoms with van der Waals surface area (Å²) in [4.78, 5) is 31.6. The predicted molar refractivity (Wildman–Crippen MR) is 159 cm³/mol. The van der Waals surface area contributed by atoms with Crippen molar-refractivity contribution >= 4 is 17.4 Å². The Morgan fingerprint density at radius 3 is 2.78 bits per heavy atom. The van der Waals surface area contributed by atoms with Gasteiger partial charge in [0, 0.05) is 56.4 Å². The fraction of sp³-hybridized carbons (Fsp3) is 0.562. The molecule has 6 rings (SSSR count). The van der Waals surface area contributed by atoms with Crippen LogP contribution in [-0.2, 0) is 24.1 Å². The standard InChI is InChI=1S/C32H41N7O2/c1-2-30(40)39-19-18-37(23-26(39)13-14-33)31-27-12-11-25(38-17-7-9-24-8-3-4-10-29(24)38)22-28(27)34-32(35-31)41-21-20-36-15-5-6-16-36/h2-4,8,10,25-26H,1,5-7,9,11-13,15-23H2/t25-,26-/m0/s1. The van der Waals surface area contributed by atoms with Crippen molar-refractivity contribution in [3.8, 4) is 12.1 Å². The number of nitriles is 1. The number of hydrogen-bond donors (Lipinski definition) is 0. The number of carbonyl (C=O) groups is 1. The van der Waals surface area contributed by atoms with E-state index in [1.54, 1.807) is 4.90 Å². The number of hydrogen-bond acceptors (Lipinski definition) is 8. The number of aromatic nitrogens is 2. The molecule has 0 saturated carbocycles. The van der Waals surface area contributed by atoms with Crippen LogP contribution in [0.2, 0.25) is 0 Å². The maximum absolute atomic E-state index is 12.5. The molecule has 0 N–H and O–H groups in total. The van der Waals surface area contributed by atoms with Gasteiger partial charge in [-0.2, -0.15) is 15.2 Å². The third-order valence-corrected chi connectivity index (χ3v) is 9.20. The number of piperazine rings is 1. The van der Waals surface area contributed by atoms with Gasteiger partial charge in [0.1, 0.15) is 12.4 Å². The van der Waals surface area contributed by atoms with Crippen LogP contribution in [0, 0.1) is 11.3 Å². The van der Waals surface area contributed by atoms with Gasteiger partial charge in [0.25, 0.3) is 0 Å². The number of rotatable bonds is 8. The van der Waals surface area contributed by atoms with Crippen LogP contribution in [0.5, 0.6) is 6.01 Å². The summed E-state index contributed by atoms with van der Waals surface area (Å²) in [6, 6.07) is 11.7. The zero-order valence-corrected chi connectivity index (χ0v) is 24.0. The van der Waals surface area contributed by atoms with Crippen molar-refractivity contribution in [1.29, 1.82) is 5.26 Å². The van der Waals surface area contributed by atoms with E-state index < -0.39 is 0 Å². The molecule has 9 heteroatoms. The zero-order chi connectivity index (χ0) is 28.2. The third-order valence-electron chi connectivity index (χ3n) is 9.20. The summed E-state index contributed by atoms with van der Waals surface area (Å²) in [7, 11) is 0. The lowest BCUT2D eigenvalue weighted by atomic mass is 9.88. The van der Waals surface area contributed by atoms with Crippen molar-refractivity contribution in [2.75, 3.05) is 62.2 Å². The minimum absolute atomic E-state index is 0.120. The van der Waals surface area contributed by atoms with E-state index in [9.17, 15) is 10.1 Å². The highest BCUT2D eigenvalue weighted by Crippen LogP contribution is 2.36. The fourth-order valence-corrected chi connectivity index (χ4v) is 7.10. The number of amides is 1. The second-order valence-corrected chi connectivity index (χ2v) is 11.7. The van der Waals surface area contributed by atoms with E-state index >= 15 is 0 Å². The van der Waals surface area contributed by atoms with Crippen molar-refractivity contribution in [3.63, 3.8) is 0 Å². The van der Waals surface area contributed by atoms with Crippen LogP contribution >= 0.6 is 0 Å². The Hall–Kier alpha value is -3.64. The van der Waals surface area contributed by atoms with Gasteiger partial charge in [0.15, 0.2) is 0 Å². The molecule has 216 valence electrons. The molecule has 1 aromatic heterocycles. The molecule has 1 aromatic carbocycles. The Balaban J connectivity index is 1.27. The highest BCUT2D eigenvalue weighted by Gasteiger charge is 2.35. The average Bonchev–Trinajstić information content (AvgIpc) is 3.53. The Labute approximate surface area is 243 Å². The van der Waals surface area contributed by atoms with Crippen LogP contribution in [0.15, 0.2) is 36.9 Å². The van der Waals surface area contributed by atoms with Crippen LogP contribution in [0.25, 0.3) is 0 Å². The summed E-state index contributed by atoms with van der Waals surface area (Å²) in [5.74, 6) is 0.794. The van der Waals surface area contributed by atoms with Crippen molar-refractivity contribution < 1.29 is 9.53 Å². The van der Waals surface area contributed by atoms with Crippen LogP contribution in [0.1, 0.15) is 48.9 Å². The lowest BCUT2D eigenvalue weighted by Gasteiger charge is -2.43. The average molecular weight is 556 g/mol. The highest BCUT2D eigenvalue weighted by molar-refractivity contribution is 5.87. The minimum atomic E-state index is -0.203. The van der Waals surface area contributed by atoms with Crippen molar-refractivity contribution in [1.82, 2.24) is 19.8 Å². The molecule has 4 heterocycles. The molecule has 0 radical (unpaired) electrons. The first-order valence-electron chi connectivity index (χ1n) is 15.3. The molecular formula is C32H41N7O2. The smallest absolute Gasteiger partial charge is 0.318 e. The Morgan fingerprint density at radius 2 is 1.95 bits per heavy atom. The van der Waals surface area contributed by atoms with Crippen LogP contribution < -0.4 is 14.5 Å². The van der Waals surface area contributed by atoms with Crippen molar-refractivity contribution in [2.24, 2.45) is 0 Å². The largest absolute Gasteiger partial charge is 0.462 e. The second-order valence-electron chi connectivity index (χ2n) is 11.7. The predicted octanol–water partition coefficient (Wildman–Crippen LogP) is 3.38. The number of nitrogens with zero attached hydrogens (tertiary/aromatic N) is 7. The zero-order valence-electron chi connectivity index (χ0n) is 24.0. The summed E-state index contributed by atoms with van der Waals surface area (Å²) in [6.45, 7) is 10.2. The summed E-state index contributed by atoms with van der Waals surface area (Å²) in [6.07, 6.45) is 9.25. The fourth-order valence-electron chi connectivity index (χ4n) is 7.10. The molecule has 1 amide bonds. The van der Waals surface area contributed by atoms with E-state index in [4.69, 9.17) is 14.7 Å². The number of para-hydroxylation sites is 1. The van der Waals surface area contributed by atoms with Gasteiger partial charge >= 0.3 is 6.01 Å². The number of fused-ring (bicyclic) bond motifs is 2. The topological polar surface area (TPSA) is 88.8 Å². The van der Waals surface area contributed by atoms with E-state index in [1.165, 1.54) is 42.2 Å². The molecule has 0 spiro atoms. The molecule has 2 saturated heterocycles. The van der Waals surface area contributed by atoms with Gasteiger partial charge in [-0.05, 0) is 69.3 Å². The van der Waals surface area contributed by atoms with Gasteiger partial charge in [-0.25, -0.2) is 0 Å². The molecule has 3 aliphatic heterocycles. The van der Waals surface area contributed by atoms with Crippen LogP contribution in [0.3, 0.4) is 0 Å². The van der Waals surface area contributed by atoms with Crippen LogP contribution in [0.4, 0.5) is 11.5 Å². The number of carbonyl (C=O) groups excluding carboxylic acids is 1. The van der Waals surface area contributed by atoms with E-state index in [-0.39, 0.29) is 18.4 Å². The maximum atomic E-state index is 12.5. The Morgan fingerprint density at radius 1 is 1.10 bits per heavy atom. The summed E-state index contributed by atoms with van der Waals surface area (Å²) in [5.41, 5.74) is 5.07. The summed E-state index contributed by atoms with van der Waals surface area (Å²) < 4.78 is 6.22. The SMILES string of the molecule is C=CC(=O)N1CCN(c2nc(OCCN3CCCC3)nc3c2CC[C@H](N2CCCc4ccccc42)C3)C[C@@H]1CC#N. The van der Waals surface area contributed by atoms with Crippen molar-refractivity contribution in [2.45, 2.75) is 63.5 Å².